The molecule has 0 unspecified atom stereocenters. The summed E-state index contributed by atoms with van der Waals surface area (Å²) in [6.07, 6.45) is 8.11. The lowest BCUT2D eigenvalue weighted by molar-refractivity contribution is -0.151. The van der Waals surface area contributed by atoms with Crippen LogP contribution in [0.5, 0.6) is 0 Å². The number of rotatable bonds is 7. The van der Waals surface area contributed by atoms with Crippen LogP contribution in [0.4, 0.5) is 5.69 Å². The van der Waals surface area contributed by atoms with Gasteiger partial charge in [0.2, 0.25) is 11.8 Å². The van der Waals surface area contributed by atoms with Crippen LogP contribution in [0, 0.1) is 24.2 Å². The molecular formula is C29H38N2O3. The van der Waals surface area contributed by atoms with Crippen molar-refractivity contribution in [2.45, 2.75) is 78.8 Å². The van der Waals surface area contributed by atoms with Crippen LogP contribution >= 0.6 is 0 Å². The lowest BCUT2D eigenvalue weighted by Gasteiger charge is -2.45. The van der Waals surface area contributed by atoms with Gasteiger partial charge in [-0.1, -0.05) is 63.0 Å². The maximum absolute atomic E-state index is 14.2. The van der Waals surface area contributed by atoms with Crippen molar-refractivity contribution in [3.63, 3.8) is 0 Å². The summed E-state index contributed by atoms with van der Waals surface area (Å²) < 4.78 is 5.67. The highest BCUT2D eigenvalue weighted by atomic mass is 16.3. The Morgan fingerprint density at radius 1 is 1.09 bits per heavy atom. The zero-order valence-electron chi connectivity index (χ0n) is 21.2. The van der Waals surface area contributed by atoms with Gasteiger partial charge in [-0.05, 0) is 68.7 Å². The fraction of sp³-hybridized carbons (Fsp3) is 0.517. The number of amides is 2. The number of nitrogens with zero attached hydrogens (tertiary/aromatic N) is 1. The molecule has 34 heavy (non-hydrogen) atoms. The number of hydrogen-bond donors (Lipinski definition) is 1. The fourth-order valence-corrected chi connectivity index (χ4v) is 5.69. The Morgan fingerprint density at radius 2 is 1.79 bits per heavy atom. The summed E-state index contributed by atoms with van der Waals surface area (Å²) in [5.74, 6) is 0.732. The largest absolute Gasteiger partial charge is 0.467 e. The second-order valence-electron chi connectivity index (χ2n) is 10.9. The molecule has 2 atom stereocenters. The Kier molecular flexibility index (Phi) is 6.75. The molecule has 2 aliphatic carbocycles. The first-order valence-corrected chi connectivity index (χ1v) is 12.5. The van der Waals surface area contributed by atoms with E-state index in [2.05, 4.69) is 39.1 Å². The average molecular weight is 463 g/mol. The zero-order valence-corrected chi connectivity index (χ0v) is 21.2. The lowest BCUT2D eigenvalue weighted by Crippen LogP contribution is -2.60. The molecule has 2 saturated carbocycles. The van der Waals surface area contributed by atoms with Gasteiger partial charge in [-0.2, -0.15) is 0 Å². The molecule has 2 aliphatic rings. The highest BCUT2D eigenvalue weighted by Gasteiger charge is 2.63. The van der Waals surface area contributed by atoms with E-state index in [1.54, 1.807) is 6.26 Å². The molecule has 2 amide bonds. The number of anilines is 1. The first-order chi connectivity index (χ1) is 16.2. The smallest absolute Gasteiger partial charge is 0.250 e. The summed E-state index contributed by atoms with van der Waals surface area (Å²) in [6.45, 7) is 10.8. The van der Waals surface area contributed by atoms with Crippen LogP contribution in [-0.2, 0) is 16.1 Å². The number of para-hydroxylation sites is 1. The molecule has 5 heteroatoms. The molecule has 1 heterocycles. The van der Waals surface area contributed by atoms with Gasteiger partial charge >= 0.3 is 0 Å². The van der Waals surface area contributed by atoms with Crippen molar-refractivity contribution in [1.82, 2.24) is 4.90 Å². The minimum Gasteiger partial charge on any atom is -0.467 e. The number of benzene rings is 1. The van der Waals surface area contributed by atoms with Crippen molar-refractivity contribution in [3.8, 4) is 0 Å². The van der Waals surface area contributed by atoms with Gasteiger partial charge in [-0.15, -0.1) is 0 Å². The fourth-order valence-electron chi connectivity index (χ4n) is 5.69. The Morgan fingerprint density at radius 3 is 2.41 bits per heavy atom. The predicted molar refractivity (Wildman–Crippen MR) is 135 cm³/mol. The van der Waals surface area contributed by atoms with Gasteiger partial charge < -0.3 is 14.6 Å². The molecule has 4 rings (SSSR count). The number of hydrogen-bond acceptors (Lipinski definition) is 3. The molecule has 182 valence electrons. The highest BCUT2D eigenvalue weighted by molar-refractivity contribution is 6.01. The number of carbonyl (C=O) groups is 2. The van der Waals surface area contributed by atoms with Gasteiger partial charge in [0, 0.05) is 5.69 Å². The summed E-state index contributed by atoms with van der Waals surface area (Å²) in [5, 5.41) is 3.18. The minimum absolute atomic E-state index is 0.0609. The van der Waals surface area contributed by atoms with Crippen LogP contribution in [0.3, 0.4) is 0 Å². The maximum atomic E-state index is 14.2. The third-order valence-electron chi connectivity index (χ3n) is 7.86. The topological polar surface area (TPSA) is 62.6 Å². The second kappa shape index (κ2) is 9.44. The number of aryl methyl sites for hydroxylation is 1. The SMILES string of the molecule is CC(C)=C[C@@H]1[C@@H](C(=O)N(Cc2ccco2)C2(C(=O)Nc3ccccc3C)CCCCC2)C1(C)C. The second-order valence-corrected chi connectivity index (χ2v) is 10.9. The summed E-state index contributed by atoms with van der Waals surface area (Å²) in [5.41, 5.74) is 2.02. The van der Waals surface area contributed by atoms with Crippen molar-refractivity contribution in [3.05, 3.63) is 65.6 Å². The number of nitrogens with one attached hydrogen (secondary N) is 1. The predicted octanol–water partition coefficient (Wildman–Crippen LogP) is 6.50. The molecule has 1 aromatic carbocycles. The molecular weight excluding hydrogens is 424 g/mol. The van der Waals surface area contributed by atoms with Crippen LogP contribution in [0.25, 0.3) is 0 Å². The molecule has 0 saturated heterocycles. The van der Waals surface area contributed by atoms with E-state index in [9.17, 15) is 9.59 Å². The van der Waals surface area contributed by atoms with Gasteiger partial charge in [-0.3, -0.25) is 9.59 Å². The maximum Gasteiger partial charge on any atom is 0.250 e. The van der Waals surface area contributed by atoms with Crippen LogP contribution < -0.4 is 5.32 Å². The molecule has 0 radical (unpaired) electrons. The molecule has 1 N–H and O–H groups in total. The Balaban J connectivity index is 1.72. The number of allylic oxidation sites excluding steroid dienone is 2. The van der Waals surface area contributed by atoms with E-state index in [4.69, 9.17) is 4.42 Å². The Labute approximate surface area is 203 Å². The standard InChI is InChI=1S/C29H38N2O3/c1-20(2)18-23-25(28(23,4)5)26(32)31(19-22-13-11-17-34-22)29(15-9-6-10-16-29)27(33)30-24-14-8-7-12-21(24)3/h7-8,11-14,17-18,23,25H,6,9-10,15-16,19H2,1-5H3,(H,30,33)/t23-,25+/m1/s1. The molecule has 0 spiro atoms. The van der Waals surface area contributed by atoms with Gasteiger partial charge in [0.1, 0.15) is 11.3 Å². The van der Waals surface area contributed by atoms with Gasteiger partial charge in [0.25, 0.3) is 0 Å². The molecule has 5 nitrogen and oxygen atoms in total. The quantitative estimate of drug-likeness (QED) is 0.478. The van der Waals surface area contributed by atoms with Gasteiger partial charge in [-0.25, -0.2) is 0 Å². The van der Waals surface area contributed by atoms with Crippen LogP contribution in [0.1, 0.15) is 71.1 Å². The van der Waals surface area contributed by atoms with E-state index in [1.165, 1.54) is 5.57 Å². The van der Waals surface area contributed by atoms with Gasteiger partial charge in [0.05, 0.1) is 18.7 Å². The van der Waals surface area contributed by atoms with E-state index in [0.717, 1.165) is 30.5 Å². The normalized spacial score (nSPS) is 22.5. The summed E-state index contributed by atoms with van der Waals surface area (Å²) in [7, 11) is 0. The van der Waals surface area contributed by atoms with E-state index < -0.39 is 5.54 Å². The van der Waals surface area contributed by atoms with Crippen LogP contribution in [0.2, 0.25) is 0 Å². The van der Waals surface area contributed by atoms with E-state index in [-0.39, 0.29) is 29.1 Å². The third kappa shape index (κ3) is 4.57. The van der Waals surface area contributed by atoms with E-state index in [0.29, 0.717) is 25.1 Å². The van der Waals surface area contributed by atoms with E-state index in [1.807, 2.05) is 48.2 Å². The first kappa shape index (κ1) is 24.3. The summed E-state index contributed by atoms with van der Waals surface area (Å²) in [4.78, 5) is 30.1. The number of carbonyl (C=O) groups excluding carboxylic acids is 2. The Bertz CT molecular complexity index is 1060. The molecule has 2 fully saturated rings. The van der Waals surface area contributed by atoms with E-state index >= 15 is 0 Å². The van der Waals surface area contributed by atoms with Crippen LogP contribution in [-0.4, -0.2) is 22.3 Å². The third-order valence-corrected chi connectivity index (χ3v) is 7.86. The molecule has 0 aliphatic heterocycles. The van der Waals surface area contributed by atoms with Crippen molar-refractivity contribution in [2.24, 2.45) is 17.3 Å². The van der Waals surface area contributed by atoms with Crippen molar-refractivity contribution >= 4 is 17.5 Å². The van der Waals surface area contributed by atoms with Crippen molar-refractivity contribution < 1.29 is 14.0 Å². The van der Waals surface area contributed by atoms with Crippen molar-refractivity contribution in [1.29, 1.82) is 0 Å². The minimum atomic E-state index is -0.890. The first-order valence-electron chi connectivity index (χ1n) is 12.5. The van der Waals surface area contributed by atoms with Crippen LogP contribution in [0.15, 0.2) is 58.7 Å². The molecule has 2 aromatic rings. The number of furan rings is 1. The Hall–Kier alpha value is -2.82. The van der Waals surface area contributed by atoms with Gasteiger partial charge in [0.15, 0.2) is 0 Å². The highest BCUT2D eigenvalue weighted by Crippen LogP contribution is 2.60. The average Bonchev–Trinajstić information content (AvgIpc) is 3.13. The van der Waals surface area contributed by atoms with Crippen molar-refractivity contribution in [2.75, 3.05) is 5.32 Å². The summed E-state index contributed by atoms with van der Waals surface area (Å²) in [6, 6.07) is 11.5. The molecule has 1 aromatic heterocycles. The monoisotopic (exact) mass is 462 g/mol. The summed E-state index contributed by atoms with van der Waals surface area (Å²) >= 11 is 0. The zero-order chi connectivity index (χ0) is 24.5. The lowest BCUT2D eigenvalue weighted by atomic mass is 9.78. The molecule has 0 bridgehead atoms.